The fourth-order valence-corrected chi connectivity index (χ4v) is 3.07. The number of nitrogens with zero attached hydrogens (tertiary/aromatic N) is 4. The van der Waals surface area contributed by atoms with Gasteiger partial charge in [0.1, 0.15) is 11.5 Å². The van der Waals surface area contributed by atoms with Gasteiger partial charge in [-0.2, -0.15) is 5.10 Å². The molecule has 148 valence electrons. The number of hydrogen-bond donors (Lipinski definition) is 0. The third kappa shape index (κ3) is 5.32. The zero-order chi connectivity index (χ0) is 20.9. The van der Waals surface area contributed by atoms with Crippen LogP contribution in [0.2, 0.25) is 0 Å². The van der Waals surface area contributed by atoms with Crippen molar-refractivity contribution in [3.8, 4) is 22.8 Å². The fraction of sp³-hybridized carbons (Fsp3) is 0.0952. The first-order chi connectivity index (χ1) is 13.8. The second-order valence-corrected chi connectivity index (χ2v) is 8.22. The molecule has 8 heteroatoms. The van der Waals surface area contributed by atoms with E-state index in [1.165, 1.54) is 24.4 Å². The molecule has 29 heavy (non-hydrogen) atoms. The summed E-state index contributed by atoms with van der Waals surface area (Å²) in [6.45, 7) is 0. The summed E-state index contributed by atoms with van der Waals surface area (Å²) in [6, 6.07) is 18.7. The van der Waals surface area contributed by atoms with E-state index in [1.54, 1.807) is 35.1 Å². The molecular weight excluding hydrogens is 391 g/mol. The van der Waals surface area contributed by atoms with Gasteiger partial charge in [-0.15, -0.1) is 0 Å². The predicted molar refractivity (Wildman–Crippen MR) is 109 cm³/mol. The van der Waals surface area contributed by atoms with Gasteiger partial charge in [-0.05, 0) is 42.5 Å². The summed E-state index contributed by atoms with van der Waals surface area (Å²) in [4.78, 5) is 8.68. The van der Waals surface area contributed by atoms with Gasteiger partial charge in [-0.25, -0.2) is 12.8 Å². The lowest BCUT2D eigenvalue weighted by molar-refractivity contribution is 0.601. The maximum absolute atomic E-state index is 11.9. The van der Waals surface area contributed by atoms with Gasteiger partial charge in [0.2, 0.25) is 0 Å². The third-order valence-corrected chi connectivity index (χ3v) is 5.06. The van der Waals surface area contributed by atoms with Crippen molar-refractivity contribution in [2.24, 2.45) is 7.05 Å². The summed E-state index contributed by atoms with van der Waals surface area (Å²) in [5, 5.41) is 4.41. The van der Waals surface area contributed by atoms with E-state index in [9.17, 15) is 12.8 Å². The van der Waals surface area contributed by atoms with Gasteiger partial charge in [0.25, 0.3) is 0 Å². The van der Waals surface area contributed by atoms with Crippen molar-refractivity contribution in [3.63, 3.8) is 0 Å². The molecule has 0 fully saturated rings. The molecule has 4 aromatic rings. The number of aromatic nitrogens is 4. The maximum atomic E-state index is 11.9. The lowest BCUT2D eigenvalue weighted by Crippen LogP contribution is -1.98. The van der Waals surface area contributed by atoms with Crippen LogP contribution in [-0.4, -0.2) is 34.4 Å². The molecule has 0 spiro atoms. The average molecular weight is 410 g/mol. The first-order valence-corrected chi connectivity index (χ1v) is 10.6. The van der Waals surface area contributed by atoms with Gasteiger partial charge in [-0.3, -0.25) is 14.6 Å². The Labute approximate surface area is 168 Å². The van der Waals surface area contributed by atoms with Crippen molar-refractivity contribution >= 4 is 9.84 Å². The Hall–Kier alpha value is -3.39. The van der Waals surface area contributed by atoms with E-state index in [0.717, 1.165) is 17.6 Å². The molecule has 0 aliphatic heterocycles. The summed E-state index contributed by atoms with van der Waals surface area (Å²) >= 11 is 0. The topological polar surface area (TPSA) is 77.7 Å². The monoisotopic (exact) mass is 410 g/mol. The number of halogens is 1. The minimum atomic E-state index is -3.25. The fourth-order valence-electron chi connectivity index (χ4n) is 2.51. The molecule has 0 amide bonds. The molecule has 3 heterocycles. The van der Waals surface area contributed by atoms with Gasteiger partial charge >= 0.3 is 0 Å². The molecule has 0 atom stereocenters. The predicted octanol–water partition coefficient (Wildman–Crippen LogP) is 3.77. The van der Waals surface area contributed by atoms with Crippen LogP contribution in [0, 0.1) is 5.82 Å². The Bertz CT molecular complexity index is 1180. The molecular formula is C21H19FN4O2S. The van der Waals surface area contributed by atoms with E-state index < -0.39 is 9.84 Å². The van der Waals surface area contributed by atoms with E-state index in [0.29, 0.717) is 11.4 Å². The van der Waals surface area contributed by atoms with Gasteiger partial charge in [0.05, 0.1) is 22.0 Å². The zero-order valence-electron chi connectivity index (χ0n) is 15.9. The van der Waals surface area contributed by atoms with Crippen LogP contribution in [0.4, 0.5) is 4.39 Å². The summed E-state index contributed by atoms with van der Waals surface area (Å²) in [7, 11) is -1.41. The van der Waals surface area contributed by atoms with E-state index in [4.69, 9.17) is 0 Å². The standard InChI is InChI=1S/C15H14N4O2S.C6H5F/c1-19-15(13-5-3-4-8-16-13)9-14(18-19)12-7-6-11(10-17-12)22(2,20)21;7-6-4-2-1-3-5-6/h3-10H,1-2H3;1-5H. The number of rotatable bonds is 3. The highest BCUT2D eigenvalue weighted by Crippen LogP contribution is 2.23. The lowest BCUT2D eigenvalue weighted by atomic mass is 10.2. The molecule has 0 aliphatic rings. The van der Waals surface area contributed by atoms with Crippen molar-refractivity contribution in [2.45, 2.75) is 4.90 Å². The number of pyridine rings is 2. The van der Waals surface area contributed by atoms with Crippen LogP contribution in [-0.2, 0) is 16.9 Å². The molecule has 0 N–H and O–H groups in total. The van der Waals surface area contributed by atoms with Crippen LogP contribution in [0.3, 0.4) is 0 Å². The Balaban J connectivity index is 0.000000290. The third-order valence-electron chi connectivity index (χ3n) is 3.97. The molecule has 4 rings (SSSR count). The smallest absolute Gasteiger partial charge is 0.177 e. The summed E-state index contributed by atoms with van der Waals surface area (Å²) < 4.78 is 36.5. The van der Waals surface area contributed by atoms with Crippen LogP contribution < -0.4 is 0 Å². The average Bonchev–Trinajstić information content (AvgIpc) is 3.11. The van der Waals surface area contributed by atoms with Gasteiger partial charge in [0, 0.05) is 25.7 Å². The summed E-state index contributed by atoms with van der Waals surface area (Å²) in [5.41, 5.74) is 2.97. The molecule has 3 aromatic heterocycles. The molecule has 0 aliphatic carbocycles. The number of sulfone groups is 1. The van der Waals surface area contributed by atoms with Crippen LogP contribution >= 0.6 is 0 Å². The van der Waals surface area contributed by atoms with Crippen molar-refractivity contribution in [3.05, 3.63) is 84.9 Å². The summed E-state index contributed by atoms with van der Waals surface area (Å²) in [6.07, 6.45) is 4.23. The second-order valence-electron chi connectivity index (χ2n) is 6.20. The first kappa shape index (κ1) is 20.3. The minimum absolute atomic E-state index is 0.178. The van der Waals surface area contributed by atoms with Crippen molar-refractivity contribution in [1.82, 2.24) is 19.7 Å². The molecule has 0 unspecified atom stereocenters. The Morgan fingerprint density at radius 3 is 2.10 bits per heavy atom. The molecule has 1 aromatic carbocycles. The molecule has 0 saturated carbocycles. The number of aryl methyl sites for hydroxylation is 1. The van der Waals surface area contributed by atoms with E-state index >= 15 is 0 Å². The summed E-state index contributed by atoms with van der Waals surface area (Å²) in [5.74, 6) is -0.178. The van der Waals surface area contributed by atoms with Crippen molar-refractivity contribution in [1.29, 1.82) is 0 Å². The van der Waals surface area contributed by atoms with Crippen LogP contribution in [0.15, 0.2) is 84.0 Å². The minimum Gasteiger partial charge on any atom is -0.266 e. The zero-order valence-corrected chi connectivity index (χ0v) is 16.7. The maximum Gasteiger partial charge on any atom is 0.177 e. The number of hydrogen-bond acceptors (Lipinski definition) is 5. The Kier molecular flexibility index (Phi) is 6.13. The quantitative estimate of drug-likeness (QED) is 0.514. The van der Waals surface area contributed by atoms with Crippen LogP contribution in [0.5, 0.6) is 0 Å². The SMILES string of the molecule is Cn1nc(-c2ccc(S(C)(=O)=O)cn2)cc1-c1ccccn1.Fc1ccccc1. The molecule has 0 saturated heterocycles. The van der Waals surface area contributed by atoms with Crippen LogP contribution in [0.1, 0.15) is 0 Å². The highest BCUT2D eigenvalue weighted by atomic mass is 32.2. The molecule has 6 nitrogen and oxygen atoms in total. The van der Waals surface area contributed by atoms with E-state index in [-0.39, 0.29) is 10.7 Å². The molecule has 0 radical (unpaired) electrons. The highest BCUT2D eigenvalue weighted by molar-refractivity contribution is 7.90. The van der Waals surface area contributed by atoms with E-state index in [1.807, 2.05) is 31.3 Å². The van der Waals surface area contributed by atoms with Gasteiger partial charge < -0.3 is 0 Å². The Morgan fingerprint density at radius 1 is 0.862 bits per heavy atom. The lowest BCUT2D eigenvalue weighted by Gasteiger charge is -1.99. The van der Waals surface area contributed by atoms with Crippen molar-refractivity contribution < 1.29 is 12.8 Å². The largest absolute Gasteiger partial charge is 0.266 e. The second kappa shape index (κ2) is 8.74. The highest BCUT2D eigenvalue weighted by Gasteiger charge is 2.12. The first-order valence-electron chi connectivity index (χ1n) is 8.67. The Morgan fingerprint density at radius 2 is 1.59 bits per heavy atom. The van der Waals surface area contributed by atoms with E-state index in [2.05, 4.69) is 15.1 Å². The van der Waals surface area contributed by atoms with Gasteiger partial charge in [-0.1, -0.05) is 24.3 Å². The van der Waals surface area contributed by atoms with Gasteiger partial charge in [0.15, 0.2) is 9.84 Å². The van der Waals surface area contributed by atoms with Crippen LogP contribution in [0.25, 0.3) is 22.8 Å². The molecule has 0 bridgehead atoms. The van der Waals surface area contributed by atoms with Crippen molar-refractivity contribution in [2.75, 3.05) is 6.26 Å². The number of benzene rings is 1. The normalized spacial score (nSPS) is 10.9.